The number of fused-ring (bicyclic) bond motifs is 1. The van der Waals surface area contributed by atoms with Crippen LogP contribution in [-0.4, -0.2) is 18.8 Å². The Hall–Kier alpha value is -0.570. The molecule has 1 aromatic carbocycles. The van der Waals surface area contributed by atoms with Crippen molar-refractivity contribution in [2.45, 2.75) is 58.2 Å². The van der Waals surface area contributed by atoms with E-state index >= 15 is 0 Å². The molecule has 0 bridgehead atoms. The van der Waals surface area contributed by atoms with Crippen LogP contribution in [0.3, 0.4) is 0 Å². The fraction of sp³-hybridized carbons (Fsp3) is 0.647. The maximum atomic E-state index is 6.19. The van der Waals surface area contributed by atoms with Crippen molar-refractivity contribution < 1.29 is 4.74 Å². The fourth-order valence-corrected chi connectivity index (χ4v) is 3.87. The van der Waals surface area contributed by atoms with Gasteiger partial charge in [-0.25, -0.2) is 0 Å². The van der Waals surface area contributed by atoms with Crippen LogP contribution in [-0.2, 0) is 11.2 Å². The molecule has 1 N–H and O–H groups in total. The van der Waals surface area contributed by atoms with Gasteiger partial charge in [0.2, 0.25) is 0 Å². The smallest absolute Gasteiger partial charge is 0.0726 e. The minimum Gasteiger partial charge on any atom is -0.377 e. The van der Waals surface area contributed by atoms with Gasteiger partial charge in [0.25, 0.3) is 0 Å². The Balaban J connectivity index is 1.82. The van der Waals surface area contributed by atoms with E-state index in [1.165, 1.54) is 24.0 Å². The summed E-state index contributed by atoms with van der Waals surface area (Å²) in [6.07, 6.45) is 3.82. The molecule has 0 saturated carbocycles. The van der Waals surface area contributed by atoms with Crippen molar-refractivity contribution in [3.8, 4) is 0 Å². The topological polar surface area (TPSA) is 21.3 Å². The summed E-state index contributed by atoms with van der Waals surface area (Å²) in [5.74, 6) is 0. The van der Waals surface area contributed by atoms with Crippen LogP contribution in [0.25, 0.3) is 0 Å². The van der Waals surface area contributed by atoms with E-state index < -0.39 is 0 Å². The maximum absolute atomic E-state index is 6.19. The van der Waals surface area contributed by atoms with Crippen molar-refractivity contribution in [2.24, 2.45) is 5.41 Å². The lowest BCUT2D eigenvalue weighted by Crippen LogP contribution is -2.43. The average Bonchev–Trinajstić information content (AvgIpc) is 2.98. The zero-order valence-electron chi connectivity index (χ0n) is 12.6. The predicted octanol–water partition coefficient (Wildman–Crippen LogP) is 4.12. The van der Waals surface area contributed by atoms with Crippen LogP contribution >= 0.6 is 11.6 Å². The summed E-state index contributed by atoms with van der Waals surface area (Å²) in [6, 6.07) is 7.05. The van der Waals surface area contributed by atoms with Crippen LogP contribution in [0.15, 0.2) is 18.2 Å². The van der Waals surface area contributed by atoms with E-state index in [4.69, 9.17) is 16.3 Å². The molecule has 110 valence electrons. The first kappa shape index (κ1) is 14.4. The first-order chi connectivity index (χ1) is 9.47. The Kier molecular flexibility index (Phi) is 3.83. The van der Waals surface area contributed by atoms with Crippen LogP contribution in [0.1, 0.15) is 50.8 Å². The largest absolute Gasteiger partial charge is 0.377 e. The summed E-state index contributed by atoms with van der Waals surface area (Å²) in [5, 5.41) is 4.64. The summed E-state index contributed by atoms with van der Waals surface area (Å²) in [7, 11) is 0. The molecule has 1 aromatic rings. The minimum absolute atomic E-state index is 0.222. The molecule has 3 atom stereocenters. The normalized spacial score (nSPS) is 29.4. The number of benzene rings is 1. The Labute approximate surface area is 126 Å². The van der Waals surface area contributed by atoms with Gasteiger partial charge >= 0.3 is 0 Å². The van der Waals surface area contributed by atoms with Gasteiger partial charge in [0.05, 0.1) is 6.10 Å². The Bertz CT molecular complexity index is 494. The highest BCUT2D eigenvalue weighted by molar-refractivity contribution is 6.30. The van der Waals surface area contributed by atoms with Gasteiger partial charge in [-0.05, 0) is 54.9 Å². The molecule has 1 aliphatic carbocycles. The minimum atomic E-state index is 0.222. The van der Waals surface area contributed by atoms with Crippen LogP contribution in [0.2, 0.25) is 5.02 Å². The number of hydrogen-bond donors (Lipinski definition) is 1. The van der Waals surface area contributed by atoms with Gasteiger partial charge in [-0.3, -0.25) is 0 Å². The number of halogens is 1. The molecule has 1 aliphatic heterocycles. The van der Waals surface area contributed by atoms with Crippen LogP contribution in [0.4, 0.5) is 0 Å². The monoisotopic (exact) mass is 293 g/mol. The molecule has 1 fully saturated rings. The molecule has 0 amide bonds. The molecule has 2 nitrogen and oxygen atoms in total. The standard InChI is InChI=1S/C17H24ClNO/c1-11(15-5-4-8-20-15)19-16-14-9-13(18)7-6-12(14)10-17(16,2)3/h6-7,9,11,15-16,19H,4-5,8,10H2,1-3H3. The highest BCUT2D eigenvalue weighted by Gasteiger charge is 2.40. The summed E-state index contributed by atoms with van der Waals surface area (Å²) >= 11 is 6.19. The number of hydrogen-bond acceptors (Lipinski definition) is 2. The molecule has 3 unspecified atom stereocenters. The number of nitrogens with one attached hydrogen (secondary N) is 1. The summed E-state index contributed by atoms with van der Waals surface area (Å²) < 4.78 is 5.82. The van der Waals surface area contributed by atoms with Crippen molar-refractivity contribution in [1.29, 1.82) is 0 Å². The zero-order valence-corrected chi connectivity index (χ0v) is 13.3. The lowest BCUT2D eigenvalue weighted by molar-refractivity contribution is 0.0724. The summed E-state index contributed by atoms with van der Waals surface area (Å²) in [4.78, 5) is 0. The van der Waals surface area contributed by atoms with Crippen LogP contribution in [0.5, 0.6) is 0 Å². The lowest BCUT2D eigenvalue weighted by atomic mass is 9.84. The van der Waals surface area contributed by atoms with E-state index in [1.54, 1.807) is 0 Å². The van der Waals surface area contributed by atoms with Crippen LogP contribution < -0.4 is 5.32 Å². The fourth-order valence-electron chi connectivity index (χ4n) is 3.69. The van der Waals surface area contributed by atoms with Crippen molar-refractivity contribution >= 4 is 11.6 Å². The number of rotatable bonds is 3. The predicted molar refractivity (Wildman–Crippen MR) is 83.2 cm³/mol. The zero-order chi connectivity index (χ0) is 14.3. The van der Waals surface area contributed by atoms with Gasteiger partial charge in [0.15, 0.2) is 0 Å². The third-order valence-corrected chi connectivity index (χ3v) is 5.03. The number of ether oxygens (including phenoxy) is 1. The molecular formula is C17H24ClNO. The molecule has 0 aromatic heterocycles. The highest BCUT2D eigenvalue weighted by atomic mass is 35.5. The second-order valence-electron chi connectivity index (χ2n) is 6.95. The SMILES string of the molecule is CC(NC1c2cc(Cl)ccc2CC1(C)C)C1CCCO1. The molecule has 2 aliphatic rings. The van der Waals surface area contributed by atoms with Crippen molar-refractivity contribution in [3.05, 3.63) is 34.3 Å². The van der Waals surface area contributed by atoms with Gasteiger partial charge in [0, 0.05) is 23.7 Å². The first-order valence-corrected chi connectivity index (χ1v) is 8.01. The van der Waals surface area contributed by atoms with Gasteiger partial charge in [-0.2, -0.15) is 0 Å². The van der Waals surface area contributed by atoms with E-state index in [0.29, 0.717) is 18.2 Å². The highest BCUT2D eigenvalue weighted by Crippen LogP contribution is 2.46. The molecule has 20 heavy (non-hydrogen) atoms. The third kappa shape index (κ3) is 2.61. The van der Waals surface area contributed by atoms with Gasteiger partial charge in [-0.15, -0.1) is 0 Å². The van der Waals surface area contributed by atoms with Crippen LogP contribution in [0, 0.1) is 5.41 Å². The molecule has 0 spiro atoms. The van der Waals surface area contributed by atoms with E-state index in [2.05, 4.69) is 38.2 Å². The molecule has 3 heteroatoms. The second kappa shape index (κ2) is 5.32. The average molecular weight is 294 g/mol. The lowest BCUT2D eigenvalue weighted by Gasteiger charge is -2.33. The summed E-state index contributed by atoms with van der Waals surface area (Å²) in [5.41, 5.74) is 3.02. The molecule has 0 radical (unpaired) electrons. The van der Waals surface area contributed by atoms with Gasteiger partial charge in [-0.1, -0.05) is 31.5 Å². The first-order valence-electron chi connectivity index (χ1n) is 7.63. The van der Waals surface area contributed by atoms with E-state index in [0.717, 1.165) is 18.1 Å². The summed E-state index contributed by atoms with van der Waals surface area (Å²) in [6.45, 7) is 7.82. The molecule has 3 rings (SSSR count). The Morgan fingerprint density at radius 1 is 1.40 bits per heavy atom. The van der Waals surface area contributed by atoms with E-state index in [-0.39, 0.29) is 5.41 Å². The van der Waals surface area contributed by atoms with Crippen molar-refractivity contribution in [1.82, 2.24) is 5.32 Å². The quantitative estimate of drug-likeness (QED) is 0.905. The van der Waals surface area contributed by atoms with Gasteiger partial charge < -0.3 is 10.1 Å². The third-order valence-electron chi connectivity index (χ3n) is 4.80. The maximum Gasteiger partial charge on any atom is 0.0726 e. The Morgan fingerprint density at radius 3 is 2.90 bits per heavy atom. The van der Waals surface area contributed by atoms with E-state index in [1.807, 2.05) is 6.07 Å². The van der Waals surface area contributed by atoms with Gasteiger partial charge in [0.1, 0.15) is 0 Å². The van der Waals surface area contributed by atoms with Crippen molar-refractivity contribution in [3.63, 3.8) is 0 Å². The second-order valence-corrected chi connectivity index (χ2v) is 7.38. The molecular weight excluding hydrogens is 270 g/mol. The molecule has 1 saturated heterocycles. The van der Waals surface area contributed by atoms with Crippen molar-refractivity contribution in [2.75, 3.05) is 6.61 Å². The van der Waals surface area contributed by atoms with E-state index in [9.17, 15) is 0 Å². The Morgan fingerprint density at radius 2 is 2.20 bits per heavy atom. The molecule has 1 heterocycles.